The smallest absolute Gasteiger partial charge is 0.435 e. The van der Waals surface area contributed by atoms with Crippen LogP contribution in [0.25, 0.3) is 16.9 Å². The quantitative estimate of drug-likeness (QED) is 0.130. The fraction of sp³-hybridized carbons (Fsp3) is 0.296. The van der Waals surface area contributed by atoms with Gasteiger partial charge in [0.05, 0.1) is 29.6 Å². The number of carbonyl (C=O) groups is 3. The SMILES string of the molecule is CCc1cc(Nc2nccn3c(-c4cn(CC#N)nc4C(F)(F)F)cnc23)ccc1C(=O)NCCNC(=O)[C@@H](C)N.O=CO. The number of carbonyl (C=O) groups excluding carboxylic acids is 2. The molecule has 1 aromatic carbocycles. The fourth-order valence-electron chi connectivity index (χ4n) is 4.12. The van der Waals surface area contributed by atoms with Crippen molar-refractivity contribution in [3.05, 3.63) is 59.8 Å². The lowest BCUT2D eigenvalue weighted by molar-refractivity contribution is -0.141. The molecule has 0 bridgehead atoms. The minimum absolute atomic E-state index is 0.125. The highest BCUT2D eigenvalue weighted by molar-refractivity contribution is 5.96. The van der Waals surface area contributed by atoms with Crippen LogP contribution in [0.2, 0.25) is 0 Å². The predicted octanol–water partition coefficient (Wildman–Crippen LogP) is 2.34. The predicted molar refractivity (Wildman–Crippen MR) is 152 cm³/mol. The summed E-state index contributed by atoms with van der Waals surface area (Å²) in [7, 11) is 0. The molecule has 14 nitrogen and oxygen atoms in total. The Bertz CT molecular complexity index is 1670. The van der Waals surface area contributed by atoms with E-state index in [0.29, 0.717) is 17.7 Å². The van der Waals surface area contributed by atoms with Crippen molar-refractivity contribution in [3.8, 4) is 17.3 Å². The summed E-state index contributed by atoms with van der Waals surface area (Å²) in [6.45, 7) is 3.32. The van der Waals surface area contributed by atoms with Gasteiger partial charge >= 0.3 is 6.18 Å². The number of imidazole rings is 1. The maximum atomic E-state index is 13.7. The topological polar surface area (TPSA) is 205 Å². The molecule has 3 aromatic heterocycles. The Morgan fingerprint density at radius 1 is 1.23 bits per heavy atom. The van der Waals surface area contributed by atoms with Crippen molar-refractivity contribution in [2.24, 2.45) is 5.73 Å². The number of hydrogen-bond acceptors (Lipinski definition) is 9. The third-order valence-corrected chi connectivity index (χ3v) is 6.08. The van der Waals surface area contributed by atoms with Crippen LogP contribution in [0.15, 0.2) is 43.0 Å². The van der Waals surface area contributed by atoms with Crippen molar-refractivity contribution in [1.82, 2.24) is 34.8 Å². The maximum absolute atomic E-state index is 13.7. The van der Waals surface area contributed by atoms with Crippen LogP contribution < -0.4 is 21.7 Å². The Labute approximate surface area is 248 Å². The number of alkyl halides is 3. The van der Waals surface area contributed by atoms with Crippen molar-refractivity contribution in [3.63, 3.8) is 0 Å². The molecular weight excluding hydrogens is 585 g/mol. The molecule has 1 atom stereocenters. The third-order valence-electron chi connectivity index (χ3n) is 6.08. The van der Waals surface area contributed by atoms with Gasteiger partial charge in [-0.2, -0.15) is 23.5 Å². The fourth-order valence-corrected chi connectivity index (χ4v) is 4.12. The number of benzene rings is 1. The second-order valence-corrected chi connectivity index (χ2v) is 9.15. The van der Waals surface area contributed by atoms with Gasteiger partial charge in [-0.15, -0.1) is 0 Å². The van der Waals surface area contributed by atoms with E-state index in [4.69, 9.17) is 20.9 Å². The van der Waals surface area contributed by atoms with Crippen LogP contribution in [0, 0.1) is 11.3 Å². The van der Waals surface area contributed by atoms with Crippen LogP contribution in [-0.2, 0) is 28.7 Å². The summed E-state index contributed by atoms with van der Waals surface area (Å²) < 4.78 is 43.5. The Kier molecular flexibility index (Phi) is 11.0. The first-order valence-corrected chi connectivity index (χ1v) is 13.1. The number of anilines is 2. The summed E-state index contributed by atoms with van der Waals surface area (Å²) in [5, 5.41) is 27.8. The first-order valence-electron chi connectivity index (χ1n) is 13.1. The van der Waals surface area contributed by atoms with Crippen molar-refractivity contribution < 1.29 is 32.7 Å². The first kappa shape index (κ1) is 33.0. The molecule has 17 heteroatoms. The highest BCUT2D eigenvalue weighted by Crippen LogP contribution is 2.37. The minimum atomic E-state index is -4.74. The third kappa shape index (κ3) is 7.86. The van der Waals surface area contributed by atoms with Crippen LogP contribution in [0.3, 0.4) is 0 Å². The molecule has 0 spiro atoms. The lowest BCUT2D eigenvalue weighted by atomic mass is 10.0. The number of nitriles is 1. The number of nitrogens with zero attached hydrogens (tertiary/aromatic N) is 6. The molecule has 0 saturated heterocycles. The number of amides is 2. The molecule has 2 amide bonds. The summed E-state index contributed by atoms with van der Waals surface area (Å²) in [5.74, 6) is -0.341. The van der Waals surface area contributed by atoms with Crippen LogP contribution >= 0.6 is 0 Å². The van der Waals surface area contributed by atoms with Crippen molar-refractivity contribution in [1.29, 1.82) is 5.26 Å². The van der Waals surface area contributed by atoms with Crippen LogP contribution in [0.5, 0.6) is 0 Å². The zero-order valence-electron chi connectivity index (χ0n) is 23.6. The second-order valence-electron chi connectivity index (χ2n) is 9.15. The van der Waals surface area contributed by atoms with Crippen molar-refractivity contribution in [2.45, 2.75) is 39.0 Å². The highest BCUT2D eigenvalue weighted by Gasteiger charge is 2.38. The molecular formula is C27H29F3N10O4. The molecule has 0 radical (unpaired) electrons. The molecule has 4 rings (SSSR count). The van der Waals surface area contributed by atoms with Gasteiger partial charge in [0.15, 0.2) is 17.2 Å². The van der Waals surface area contributed by atoms with Gasteiger partial charge in [0.1, 0.15) is 6.54 Å². The normalized spacial score (nSPS) is 11.6. The van der Waals surface area contributed by atoms with Gasteiger partial charge in [0.25, 0.3) is 12.4 Å². The van der Waals surface area contributed by atoms with E-state index < -0.39 is 17.9 Å². The monoisotopic (exact) mass is 614 g/mol. The van der Waals surface area contributed by atoms with Crippen LogP contribution in [-0.4, -0.2) is 66.7 Å². The first-order chi connectivity index (χ1) is 20.9. The van der Waals surface area contributed by atoms with E-state index in [1.54, 1.807) is 31.2 Å². The number of nitrogens with one attached hydrogen (secondary N) is 3. The van der Waals surface area contributed by atoms with Gasteiger partial charge in [-0.3, -0.25) is 23.5 Å². The molecule has 0 aliphatic heterocycles. The van der Waals surface area contributed by atoms with E-state index in [9.17, 15) is 22.8 Å². The van der Waals surface area contributed by atoms with Crippen LogP contribution in [0.4, 0.5) is 24.7 Å². The summed E-state index contributed by atoms with van der Waals surface area (Å²) >= 11 is 0. The van der Waals surface area contributed by atoms with Crippen LogP contribution in [0.1, 0.15) is 35.5 Å². The van der Waals surface area contributed by atoms with E-state index >= 15 is 0 Å². The minimum Gasteiger partial charge on any atom is -0.483 e. The molecule has 0 unspecified atom stereocenters. The largest absolute Gasteiger partial charge is 0.483 e. The van der Waals surface area contributed by atoms with E-state index in [0.717, 1.165) is 16.4 Å². The number of carboxylic acid groups (broad SMARTS) is 1. The average Bonchev–Trinajstić information content (AvgIpc) is 3.60. The summed E-state index contributed by atoms with van der Waals surface area (Å²) in [5.41, 5.74) is 6.32. The molecule has 3 heterocycles. The van der Waals surface area contributed by atoms with E-state index in [1.807, 2.05) is 6.92 Å². The molecule has 232 valence electrons. The van der Waals surface area contributed by atoms with E-state index in [1.165, 1.54) is 23.0 Å². The van der Waals surface area contributed by atoms with Gasteiger partial charge in [-0.1, -0.05) is 6.92 Å². The van der Waals surface area contributed by atoms with Gasteiger partial charge in [0, 0.05) is 42.9 Å². The number of aromatic nitrogens is 5. The van der Waals surface area contributed by atoms with Gasteiger partial charge in [-0.05, 0) is 37.1 Å². The average molecular weight is 615 g/mol. The number of hydrogen-bond donors (Lipinski definition) is 5. The molecule has 0 saturated carbocycles. The number of aryl methyl sites for hydroxylation is 1. The lowest BCUT2D eigenvalue weighted by Gasteiger charge is -2.13. The molecule has 0 fully saturated rings. The summed E-state index contributed by atoms with van der Waals surface area (Å²) in [6, 6.07) is 6.23. The molecule has 0 aliphatic carbocycles. The molecule has 44 heavy (non-hydrogen) atoms. The Morgan fingerprint density at radius 3 is 2.57 bits per heavy atom. The van der Waals surface area contributed by atoms with Gasteiger partial charge < -0.3 is 26.8 Å². The Morgan fingerprint density at radius 2 is 1.93 bits per heavy atom. The van der Waals surface area contributed by atoms with Crippen molar-refractivity contribution in [2.75, 3.05) is 18.4 Å². The Balaban J connectivity index is 0.00000169. The zero-order valence-corrected chi connectivity index (χ0v) is 23.6. The maximum Gasteiger partial charge on any atom is 0.435 e. The number of fused-ring (bicyclic) bond motifs is 1. The number of nitrogens with two attached hydrogens (primary N) is 1. The summed E-state index contributed by atoms with van der Waals surface area (Å²) in [6.07, 6.45) is 1.14. The molecule has 0 aliphatic rings. The molecule has 6 N–H and O–H groups in total. The van der Waals surface area contributed by atoms with Gasteiger partial charge in [-0.25, -0.2) is 9.97 Å². The zero-order chi connectivity index (χ0) is 32.4. The Hall–Kier alpha value is -5.50. The second kappa shape index (κ2) is 14.6. The summed E-state index contributed by atoms with van der Waals surface area (Å²) in [4.78, 5) is 41.2. The van der Waals surface area contributed by atoms with E-state index in [2.05, 4.69) is 31.0 Å². The van der Waals surface area contributed by atoms with Crippen molar-refractivity contribution >= 4 is 35.4 Å². The highest BCUT2D eigenvalue weighted by atomic mass is 19.4. The van der Waals surface area contributed by atoms with E-state index in [-0.39, 0.29) is 60.6 Å². The lowest BCUT2D eigenvalue weighted by Crippen LogP contribution is -2.42. The number of halogens is 3. The number of rotatable bonds is 10. The molecule has 4 aromatic rings. The standard InChI is InChI=1S/C26H27F3N10O2.CH2O2/c1-3-16-12-17(4-5-18(16)25(41)34-8-7-33-24(40)15(2)31)36-22-23-35-13-20(39(23)11-9-32-22)19-14-38(10-6-30)37-21(19)26(27,28)29;2-1-3/h4-5,9,11-15H,3,7-8,10,31H2,1-2H3,(H,32,36)(H,33,40)(H,34,41);1H,(H,2,3)/t15-;/m1./s1. The van der Waals surface area contributed by atoms with Gasteiger partial charge in [0.2, 0.25) is 5.91 Å².